The van der Waals surface area contributed by atoms with Crippen LogP contribution < -0.4 is 16.0 Å². The van der Waals surface area contributed by atoms with Crippen LogP contribution in [0, 0.1) is 5.41 Å². The van der Waals surface area contributed by atoms with Crippen molar-refractivity contribution >= 4 is 35.4 Å². The van der Waals surface area contributed by atoms with Gasteiger partial charge < -0.3 is 44.5 Å². The molecule has 0 saturated carbocycles. The molecule has 1 unspecified atom stereocenters. The Morgan fingerprint density at radius 1 is 0.864 bits per heavy atom. The predicted molar refractivity (Wildman–Crippen MR) is 152 cm³/mol. The number of rotatable bonds is 18. The number of nitrogens with one attached hydrogen (secondary N) is 3. The number of hydroxylamine groups is 2. The third-order valence-corrected chi connectivity index (χ3v) is 7.50. The zero-order valence-electron chi connectivity index (χ0n) is 25.7. The van der Waals surface area contributed by atoms with Crippen LogP contribution in [0.2, 0.25) is 0 Å². The van der Waals surface area contributed by atoms with E-state index in [1.807, 2.05) is 7.05 Å². The molecular weight excluding hydrogens is 580 g/mol. The molecule has 15 heteroatoms. The molecule has 44 heavy (non-hydrogen) atoms. The van der Waals surface area contributed by atoms with E-state index in [1.165, 1.54) is 6.92 Å². The highest BCUT2D eigenvalue weighted by molar-refractivity contribution is 6.01. The van der Waals surface area contributed by atoms with Gasteiger partial charge in [0.1, 0.15) is 11.8 Å². The molecule has 0 aliphatic carbocycles. The summed E-state index contributed by atoms with van der Waals surface area (Å²) in [6.07, 6.45) is 2.33. The maximum Gasteiger partial charge on any atom is 0.333 e. The molecule has 3 fully saturated rings. The number of amides is 4. The Balaban J connectivity index is 1.31. The molecule has 15 nitrogen and oxygen atoms in total. The van der Waals surface area contributed by atoms with Crippen LogP contribution in [0.4, 0.5) is 0 Å². The van der Waals surface area contributed by atoms with E-state index in [1.54, 1.807) is 0 Å². The van der Waals surface area contributed by atoms with Crippen molar-refractivity contribution in [3.05, 3.63) is 0 Å². The Kier molecular flexibility index (Phi) is 14.6. The quantitative estimate of drug-likeness (QED) is 0.139. The lowest BCUT2D eigenvalue weighted by Crippen LogP contribution is -2.52. The van der Waals surface area contributed by atoms with Gasteiger partial charge in [-0.3, -0.25) is 19.2 Å². The number of Topliss-reactive ketones (excluding diaryl/α,β-unsaturated/α-hetero) is 1. The second kappa shape index (κ2) is 18.1. The van der Waals surface area contributed by atoms with E-state index in [4.69, 9.17) is 23.8 Å². The van der Waals surface area contributed by atoms with Gasteiger partial charge in [0.05, 0.1) is 31.8 Å². The van der Waals surface area contributed by atoms with Crippen LogP contribution in [0.5, 0.6) is 0 Å². The average molecular weight is 627 g/mol. The lowest BCUT2D eigenvalue weighted by molar-refractivity contribution is -0.304. The van der Waals surface area contributed by atoms with Crippen LogP contribution in [0.1, 0.15) is 77.6 Å². The molecule has 3 N–H and O–H groups in total. The standard InChI is InChI=1S/C29H46N4O11/c1-20(34)10-11-21(32-22(35)6-3-7-25(38)44-33-23(36)12-13-24(33)37)28(39)31-15-5-9-27-42-18-29(19-43-27)16-40-26(41-17-29)8-4-14-30-2/h21,26-27,30H,3-19H2,1-2H3,(H,31,39)(H,32,35). The van der Waals surface area contributed by atoms with Gasteiger partial charge in [-0.25, -0.2) is 4.79 Å². The lowest BCUT2D eigenvalue weighted by Gasteiger charge is -2.43. The fraction of sp³-hybridized carbons (Fsp3) is 0.793. The predicted octanol–water partition coefficient (Wildman–Crippen LogP) is 0.246. The summed E-state index contributed by atoms with van der Waals surface area (Å²) in [7, 11) is 1.91. The lowest BCUT2D eigenvalue weighted by atomic mass is 9.90. The van der Waals surface area contributed by atoms with Crippen LogP contribution in [0.3, 0.4) is 0 Å². The van der Waals surface area contributed by atoms with Gasteiger partial charge in [-0.15, -0.1) is 5.06 Å². The smallest absolute Gasteiger partial charge is 0.333 e. The number of hydrogen-bond acceptors (Lipinski definition) is 12. The summed E-state index contributed by atoms with van der Waals surface area (Å²) in [5.41, 5.74) is -0.321. The van der Waals surface area contributed by atoms with Crippen molar-refractivity contribution in [2.45, 2.75) is 96.2 Å². The molecule has 0 aromatic rings. The molecule has 3 heterocycles. The summed E-state index contributed by atoms with van der Waals surface area (Å²) in [4.78, 5) is 76.6. The van der Waals surface area contributed by atoms with Gasteiger partial charge in [0.15, 0.2) is 12.6 Å². The van der Waals surface area contributed by atoms with Gasteiger partial charge in [-0.2, -0.15) is 0 Å². The Labute approximate surface area is 257 Å². The number of hydrogen-bond donors (Lipinski definition) is 3. The Hall–Kier alpha value is -2.98. The molecule has 0 aromatic carbocycles. The van der Waals surface area contributed by atoms with Crippen molar-refractivity contribution in [2.75, 3.05) is 46.6 Å². The van der Waals surface area contributed by atoms with E-state index in [0.29, 0.717) is 50.9 Å². The minimum atomic E-state index is -0.923. The van der Waals surface area contributed by atoms with Crippen molar-refractivity contribution in [3.8, 4) is 0 Å². The third-order valence-electron chi connectivity index (χ3n) is 7.50. The minimum Gasteiger partial charge on any atom is -0.354 e. The fourth-order valence-electron chi connectivity index (χ4n) is 4.89. The molecule has 0 aromatic heterocycles. The zero-order valence-corrected chi connectivity index (χ0v) is 25.7. The van der Waals surface area contributed by atoms with E-state index in [9.17, 15) is 28.8 Å². The maximum absolute atomic E-state index is 12.8. The Morgan fingerprint density at radius 2 is 1.43 bits per heavy atom. The van der Waals surface area contributed by atoms with Crippen LogP contribution in [0.25, 0.3) is 0 Å². The normalized spacial score (nSPS) is 24.3. The summed E-state index contributed by atoms with van der Waals surface area (Å²) in [6.45, 7) is 4.57. The summed E-state index contributed by atoms with van der Waals surface area (Å²) in [5.74, 6) is -2.99. The van der Waals surface area contributed by atoms with Crippen molar-refractivity contribution in [1.82, 2.24) is 21.0 Å². The van der Waals surface area contributed by atoms with Gasteiger partial charge in [0.2, 0.25) is 11.8 Å². The molecule has 248 valence electrons. The number of nitrogens with zero attached hydrogens (tertiary/aromatic N) is 1. The van der Waals surface area contributed by atoms with Crippen LogP contribution in [-0.4, -0.2) is 106 Å². The summed E-state index contributed by atoms with van der Waals surface area (Å²) >= 11 is 0. The van der Waals surface area contributed by atoms with E-state index < -0.39 is 41.9 Å². The first kappa shape index (κ1) is 35.5. The van der Waals surface area contributed by atoms with Crippen LogP contribution in [0.15, 0.2) is 0 Å². The molecule has 0 bridgehead atoms. The molecule has 3 aliphatic heterocycles. The van der Waals surface area contributed by atoms with E-state index in [2.05, 4.69) is 16.0 Å². The number of ketones is 1. The number of ether oxygens (including phenoxy) is 4. The summed E-state index contributed by atoms with van der Waals surface area (Å²) in [5, 5.41) is 8.98. The number of imide groups is 1. The van der Waals surface area contributed by atoms with Crippen molar-refractivity contribution in [3.63, 3.8) is 0 Å². The third kappa shape index (κ3) is 11.8. The van der Waals surface area contributed by atoms with Gasteiger partial charge in [-0.1, -0.05) is 0 Å². The SMILES string of the molecule is CNCCCC1OCC2(CO1)COC(CCCNC(=O)C(CCC(C)=O)NC(=O)CCCC(=O)ON1C(=O)CCC1=O)OC2. The van der Waals surface area contributed by atoms with Crippen molar-refractivity contribution in [1.29, 1.82) is 0 Å². The van der Waals surface area contributed by atoms with Crippen molar-refractivity contribution in [2.24, 2.45) is 5.41 Å². The summed E-state index contributed by atoms with van der Waals surface area (Å²) in [6, 6.07) is -0.923. The highest BCUT2D eigenvalue weighted by Crippen LogP contribution is 2.31. The monoisotopic (exact) mass is 626 g/mol. The maximum atomic E-state index is 12.8. The van der Waals surface area contributed by atoms with Crippen molar-refractivity contribution < 1.29 is 52.6 Å². The highest BCUT2D eigenvalue weighted by Gasteiger charge is 2.41. The molecule has 3 rings (SSSR count). The van der Waals surface area contributed by atoms with E-state index in [-0.39, 0.29) is 62.4 Å². The van der Waals surface area contributed by atoms with Gasteiger partial charge in [0.25, 0.3) is 11.8 Å². The molecule has 3 aliphatic rings. The van der Waals surface area contributed by atoms with E-state index >= 15 is 0 Å². The van der Waals surface area contributed by atoms with Gasteiger partial charge in [0, 0.05) is 45.1 Å². The second-order valence-electron chi connectivity index (χ2n) is 11.5. The average Bonchev–Trinajstić information content (AvgIpc) is 3.31. The molecule has 3 saturated heterocycles. The Morgan fingerprint density at radius 3 is 1.98 bits per heavy atom. The van der Waals surface area contributed by atoms with Crippen LogP contribution >= 0.6 is 0 Å². The van der Waals surface area contributed by atoms with Gasteiger partial charge in [-0.05, 0) is 52.6 Å². The van der Waals surface area contributed by atoms with Gasteiger partial charge >= 0.3 is 5.97 Å². The number of carbonyl (C=O) groups excluding carboxylic acids is 6. The topological polar surface area (TPSA) is 188 Å². The highest BCUT2D eigenvalue weighted by atomic mass is 16.7. The largest absolute Gasteiger partial charge is 0.354 e. The minimum absolute atomic E-state index is 0.00897. The Bertz CT molecular complexity index is 989. The van der Waals surface area contributed by atoms with Crippen LogP contribution in [-0.2, 0) is 52.6 Å². The molecule has 1 spiro atoms. The molecular formula is C29H46N4O11. The number of carbonyl (C=O) groups is 6. The van der Waals surface area contributed by atoms with E-state index in [0.717, 1.165) is 19.4 Å². The second-order valence-corrected chi connectivity index (χ2v) is 11.5. The first-order chi connectivity index (χ1) is 21.1. The first-order valence-electron chi connectivity index (χ1n) is 15.3. The molecule has 4 amide bonds. The fourth-order valence-corrected chi connectivity index (χ4v) is 4.89. The first-order valence-corrected chi connectivity index (χ1v) is 15.3. The molecule has 1 atom stereocenters. The summed E-state index contributed by atoms with van der Waals surface area (Å²) < 4.78 is 23.6. The molecule has 0 radical (unpaired) electrons. The zero-order chi connectivity index (χ0) is 32.0.